The highest BCUT2D eigenvalue weighted by molar-refractivity contribution is 9.11. The summed E-state index contributed by atoms with van der Waals surface area (Å²) in [7, 11) is 0. The molecule has 2 aromatic carbocycles. The van der Waals surface area contributed by atoms with Gasteiger partial charge in [0.25, 0.3) is 0 Å². The highest BCUT2D eigenvalue weighted by Gasteiger charge is 2.14. The molecule has 0 fully saturated rings. The van der Waals surface area contributed by atoms with E-state index >= 15 is 0 Å². The van der Waals surface area contributed by atoms with Gasteiger partial charge in [-0.05, 0) is 76.4 Å². The molecule has 2 N–H and O–H groups in total. The largest absolute Gasteiger partial charge is 0.508 e. The average Bonchev–Trinajstić information content (AvgIpc) is 2.36. The number of hydrogen-bond donors (Lipinski definition) is 2. The number of rotatable bonds is 3. The maximum Gasteiger partial charge on any atom is 0.120 e. The fourth-order valence-electron chi connectivity index (χ4n) is 2.15. The van der Waals surface area contributed by atoms with Crippen LogP contribution in [0.25, 0.3) is 0 Å². The molecule has 0 aliphatic carbocycles. The molecule has 106 valence electrons. The Hall–Kier alpha value is -1.00. The molecule has 0 aliphatic heterocycles. The van der Waals surface area contributed by atoms with Crippen molar-refractivity contribution in [3.05, 3.63) is 56.0 Å². The molecule has 0 aromatic heterocycles. The second-order valence-electron chi connectivity index (χ2n) is 5.03. The van der Waals surface area contributed by atoms with Crippen molar-refractivity contribution in [2.75, 3.05) is 5.32 Å². The minimum atomic E-state index is 0.00482. The van der Waals surface area contributed by atoms with Crippen LogP contribution in [-0.4, -0.2) is 5.11 Å². The summed E-state index contributed by atoms with van der Waals surface area (Å²) < 4.78 is 2.01. The van der Waals surface area contributed by atoms with Crippen molar-refractivity contribution in [3.8, 4) is 5.75 Å². The summed E-state index contributed by atoms with van der Waals surface area (Å²) in [5.74, 6) is 0.315. The summed E-state index contributed by atoms with van der Waals surface area (Å²) in [6.45, 7) is 6.11. The van der Waals surface area contributed by atoms with Crippen molar-refractivity contribution >= 4 is 37.5 Å². The Labute approximate surface area is 136 Å². The minimum Gasteiger partial charge on any atom is -0.508 e. The molecule has 2 aromatic rings. The maximum absolute atomic E-state index is 10.0. The first kappa shape index (κ1) is 15.4. The summed E-state index contributed by atoms with van der Waals surface area (Å²) >= 11 is 7.15. The van der Waals surface area contributed by atoms with E-state index in [1.807, 2.05) is 26.0 Å². The van der Waals surface area contributed by atoms with E-state index in [9.17, 15) is 5.11 Å². The number of phenols is 1. The SMILES string of the molecule is Cc1cc(Br)c(NC(C)c2cc(C)ccc2O)c(Br)c1. The molecule has 20 heavy (non-hydrogen) atoms. The predicted molar refractivity (Wildman–Crippen MR) is 91.5 cm³/mol. The molecule has 0 bridgehead atoms. The Morgan fingerprint density at radius 1 is 1.00 bits per heavy atom. The smallest absolute Gasteiger partial charge is 0.120 e. The molecule has 2 nitrogen and oxygen atoms in total. The Kier molecular flexibility index (Phi) is 4.76. The summed E-state index contributed by atoms with van der Waals surface area (Å²) in [5.41, 5.74) is 4.20. The molecule has 0 heterocycles. The number of anilines is 1. The van der Waals surface area contributed by atoms with Crippen molar-refractivity contribution < 1.29 is 5.11 Å². The van der Waals surface area contributed by atoms with Gasteiger partial charge in [-0.2, -0.15) is 0 Å². The minimum absolute atomic E-state index is 0.00482. The van der Waals surface area contributed by atoms with E-state index in [4.69, 9.17) is 0 Å². The molecular weight excluding hydrogens is 382 g/mol. The summed E-state index contributed by atoms with van der Waals surface area (Å²) in [5, 5.41) is 13.4. The fourth-order valence-corrected chi connectivity index (χ4v) is 3.80. The Morgan fingerprint density at radius 3 is 2.20 bits per heavy atom. The number of halogens is 2. The molecule has 1 atom stereocenters. The highest BCUT2D eigenvalue weighted by atomic mass is 79.9. The molecule has 0 saturated carbocycles. The van der Waals surface area contributed by atoms with Crippen LogP contribution in [0, 0.1) is 13.8 Å². The van der Waals surface area contributed by atoms with E-state index in [0.29, 0.717) is 5.75 Å². The number of benzene rings is 2. The lowest BCUT2D eigenvalue weighted by Crippen LogP contribution is -2.08. The van der Waals surface area contributed by atoms with Gasteiger partial charge in [-0.3, -0.25) is 0 Å². The number of nitrogens with one attached hydrogen (secondary N) is 1. The van der Waals surface area contributed by atoms with Crippen LogP contribution in [0.15, 0.2) is 39.3 Å². The van der Waals surface area contributed by atoms with E-state index in [0.717, 1.165) is 25.8 Å². The number of aryl methyl sites for hydroxylation is 2. The third kappa shape index (κ3) is 3.36. The van der Waals surface area contributed by atoms with Gasteiger partial charge in [-0.1, -0.05) is 17.7 Å². The van der Waals surface area contributed by atoms with Crippen molar-refractivity contribution in [3.63, 3.8) is 0 Å². The van der Waals surface area contributed by atoms with Gasteiger partial charge in [0.2, 0.25) is 0 Å². The molecule has 0 amide bonds. The van der Waals surface area contributed by atoms with Gasteiger partial charge in [0.15, 0.2) is 0 Å². The van der Waals surface area contributed by atoms with Gasteiger partial charge in [0, 0.05) is 14.5 Å². The topological polar surface area (TPSA) is 32.3 Å². The lowest BCUT2D eigenvalue weighted by atomic mass is 10.0. The van der Waals surface area contributed by atoms with E-state index in [1.54, 1.807) is 6.07 Å². The lowest BCUT2D eigenvalue weighted by Gasteiger charge is -2.20. The number of aromatic hydroxyl groups is 1. The van der Waals surface area contributed by atoms with Crippen molar-refractivity contribution in [1.82, 2.24) is 0 Å². The zero-order valence-electron chi connectivity index (χ0n) is 11.7. The van der Waals surface area contributed by atoms with Crippen molar-refractivity contribution in [1.29, 1.82) is 0 Å². The molecule has 4 heteroatoms. The average molecular weight is 399 g/mol. The van der Waals surface area contributed by atoms with Crippen LogP contribution < -0.4 is 5.32 Å². The second-order valence-corrected chi connectivity index (χ2v) is 6.74. The van der Waals surface area contributed by atoms with Crippen LogP contribution in [-0.2, 0) is 0 Å². The van der Waals surface area contributed by atoms with Gasteiger partial charge in [0.05, 0.1) is 11.7 Å². The van der Waals surface area contributed by atoms with Crippen LogP contribution in [0.4, 0.5) is 5.69 Å². The van der Waals surface area contributed by atoms with Crippen LogP contribution in [0.5, 0.6) is 5.75 Å². The van der Waals surface area contributed by atoms with Gasteiger partial charge in [-0.25, -0.2) is 0 Å². The van der Waals surface area contributed by atoms with Gasteiger partial charge >= 0.3 is 0 Å². The quantitative estimate of drug-likeness (QED) is 0.694. The molecular formula is C16H17Br2NO. The first-order chi connectivity index (χ1) is 9.38. The zero-order chi connectivity index (χ0) is 14.9. The predicted octanol–water partition coefficient (Wildman–Crippen LogP) is 5.71. The van der Waals surface area contributed by atoms with E-state index in [-0.39, 0.29) is 6.04 Å². The van der Waals surface area contributed by atoms with Gasteiger partial charge in [0.1, 0.15) is 5.75 Å². The molecule has 0 radical (unpaired) electrons. The molecule has 2 rings (SSSR count). The number of hydrogen-bond acceptors (Lipinski definition) is 2. The van der Waals surface area contributed by atoms with E-state index in [1.165, 1.54) is 5.56 Å². The normalized spacial score (nSPS) is 12.2. The van der Waals surface area contributed by atoms with Crippen LogP contribution in [0.1, 0.15) is 29.7 Å². The maximum atomic E-state index is 10.0. The summed E-state index contributed by atoms with van der Waals surface area (Å²) in [6, 6.07) is 9.78. The van der Waals surface area contributed by atoms with Crippen LogP contribution in [0.2, 0.25) is 0 Å². The first-order valence-electron chi connectivity index (χ1n) is 6.40. The van der Waals surface area contributed by atoms with Gasteiger partial charge in [-0.15, -0.1) is 0 Å². The standard InChI is InChI=1S/C16H17Br2NO/c1-9-4-5-15(20)12(6-9)11(3)19-16-13(17)7-10(2)8-14(16)18/h4-8,11,19-20H,1-3H3. The van der Waals surface area contributed by atoms with Crippen LogP contribution >= 0.6 is 31.9 Å². The molecule has 1 unspecified atom stereocenters. The molecule has 0 aliphatic rings. The van der Waals surface area contributed by atoms with Gasteiger partial charge < -0.3 is 10.4 Å². The number of phenolic OH excluding ortho intramolecular Hbond substituents is 1. The highest BCUT2D eigenvalue weighted by Crippen LogP contribution is 2.36. The molecule has 0 saturated heterocycles. The summed E-state index contributed by atoms with van der Waals surface area (Å²) in [6.07, 6.45) is 0. The third-order valence-electron chi connectivity index (χ3n) is 3.20. The Balaban J connectivity index is 2.32. The van der Waals surface area contributed by atoms with E-state index < -0.39 is 0 Å². The van der Waals surface area contributed by atoms with Crippen molar-refractivity contribution in [2.24, 2.45) is 0 Å². The van der Waals surface area contributed by atoms with Crippen LogP contribution in [0.3, 0.4) is 0 Å². The third-order valence-corrected chi connectivity index (χ3v) is 4.45. The molecule has 0 spiro atoms. The lowest BCUT2D eigenvalue weighted by molar-refractivity contribution is 0.465. The fraction of sp³-hybridized carbons (Fsp3) is 0.250. The summed E-state index contributed by atoms with van der Waals surface area (Å²) in [4.78, 5) is 0. The monoisotopic (exact) mass is 397 g/mol. The Morgan fingerprint density at radius 2 is 1.60 bits per heavy atom. The zero-order valence-corrected chi connectivity index (χ0v) is 14.8. The first-order valence-corrected chi connectivity index (χ1v) is 7.99. The Bertz CT molecular complexity index is 617. The van der Waals surface area contributed by atoms with Crippen molar-refractivity contribution in [2.45, 2.75) is 26.8 Å². The second kappa shape index (κ2) is 6.19. The van der Waals surface area contributed by atoms with E-state index in [2.05, 4.69) is 56.2 Å².